The third-order valence-corrected chi connectivity index (χ3v) is 6.05. The highest BCUT2D eigenvalue weighted by molar-refractivity contribution is 7.89. The molecule has 2 amide bonds. The Morgan fingerprint density at radius 1 is 0.879 bits per heavy atom. The van der Waals surface area contributed by atoms with Gasteiger partial charge in [0.05, 0.1) is 28.5 Å². The Labute approximate surface area is 192 Å². The molecule has 4 rings (SSSR count). The summed E-state index contributed by atoms with van der Waals surface area (Å²) >= 11 is 0. The highest BCUT2D eigenvalue weighted by atomic mass is 32.2. The van der Waals surface area contributed by atoms with Gasteiger partial charge in [-0.05, 0) is 35.9 Å². The first-order valence-electron chi connectivity index (χ1n) is 10.2. The SMILES string of the molecule is NC(=O)N(Cc1ccccc1)Cc1cc(-c2ccccc2)n(-c2ccc(S(N)(=O)=O)cc2)n1. The molecular weight excluding hydrogens is 438 g/mol. The fourth-order valence-corrected chi connectivity index (χ4v) is 4.02. The van der Waals surface area contributed by atoms with E-state index in [9.17, 15) is 13.2 Å². The van der Waals surface area contributed by atoms with E-state index < -0.39 is 16.1 Å². The second-order valence-electron chi connectivity index (χ2n) is 7.52. The molecule has 4 N–H and O–H groups in total. The number of carbonyl (C=O) groups is 1. The fraction of sp³-hybridized carbons (Fsp3) is 0.0833. The van der Waals surface area contributed by atoms with Crippen LogP contribution in [-0.2, 0) is 23.1 Å². The van der Waals surface area contributed by atoms with Crippen LogP contribution >= 0.6 is 0 Å². The summed E-state index contributed by atoms with van der Waals surface area (Å²) in [6.07, 6.45) is 0. The van der Waals surface area contributed by atoms with E-state index >= 15 is 0 Å². The van der Waals surface area contributed by atoms with E-state index in [-0.39, 0.29) is 11.4 Å². The normalized spacial score (nSPS) is 11.3. The number of nitrogens with zero attached hydrogens (tertiary/aromatic N) is 3. The monoisotopic (exact) mass is 461 g/mol. The first kappa shape index (κ1) is 22.3. The Hall–Kier alpha value is -3.95. The van der Waals surface area contributed by atoms with Gasteiger partial charge in [0.15, 0.2) is 0 Å². The minimum absolute atomic E-state index is 0.0163. The molecule has 1 heterocycles. The molecule has 33 heavy (non-hydrogen) atoms. The van der Waals surface area contributed by atoms with Crippen LogP contribution in [0.1, 0.15) is 11.3 Å². The van der Waals surface area contributed by atoms with E-state index in [2.05, 4.69) is 0 Å². The first-order valence-corrected chi connectivity index (χ1v) is 11.7. The zero-order valence-corrected chi connectivity index (χ0v) is 18.5. The van der Waals surface area contributed by atoms with Gasteiger partial charge < -0.3 is 10.6 Å². The maximum atomic E-state index is 12.1. The molecule has 0 spiro atoms. The number of benzene rings is 3. The van der Waals surface area contributed by atoms with Crippen molar-refractivity contribution in [2.45, 2.75) is 18.0 Å². The van der Waals surface area contributed by atoms with Gasteiger partial charge in [-0.15, -0.1) is 0 Å². The molecule has 0 aliphatic heterocycles. The van der Waals surface area contributed by atoms with Crippen molar-refractivity contribution in [3.8, 4) is 16.9 Å². The van der Waals surface area contributed by atoms with Crippen LogP contribution in [0.15, 0.2) is 95.9 Å². The molecular formula is C24H23N5O3S. The molecule has 0 aliphatic rings. The van der Waals surface area contributed by atoms with Crippen LogP contribution in [0.3, 0.4) is 0 Å². The Bertz CT molecular complexity index is 1350. The molecule has 0 aliphatic carbocycles. The van der Waals surface area contributed by atoms with Gasteiger partial charge in [-0.1, -0.05) is 60.7 Å². The number of carbonyl (C=O) groups excluding carboxylic acids is 1. The van der Waals surface area contributed by atoms with Gasteiger partial charge in [0.1, 0.15) is 0 Å². The Morgan fingerprint density at radius 2 is 1.48 bits per heavy atom. The number of amides is 2. The first-order chi connectivity index (χ1) is 15.8. The van der Waals surface area contributed by atoms with Crippen molar-refractivity contribution in [2.75, 3.05) is 0 Å². The molecule has 1 aromatic heterocycles. The van der Waals surface area contributed by atoms with Crippen LogP contribution in [0.4, 0.5) is 4.79 Å². The molecule has 0 bridgehead atoms. The van der Waals surface area contributed by atoms with Crippen molar-refractivity contribution in [1.82, 2.24) is 14.7 Å². The molecule has 0 atom stereocenters. The second-order valence-corrected chi connectivity index (χ2v) is 9.08. The number of rotatable bonds is 7. The molecule has 0 saturated heterocycles. The molecule has 3 aromatic carbocycles. The van der Waals surface area contributed by atoms with Crippen LogP contribution in [0.2, 0.25) is 0 Å². The van der Waals surface area contributed by atoms with E-state index in [1.54, 1.807) is 16.8 Å². The van der Waals surface area contributed by atoms with Crippen LogP contribution in [0.25, 0.3) is 16.9 Å². The number of primary amides is 1. The highest BCUT2D eigenvalue weighted by Crippen LogP contribution is 2.25. The van der Waals surface area contributed by atoms with Gasteiger partial charge in [-0.25, -0.2) is 23.0 Å². The van der Waals surface area contributed by atoms with Gasteiger partial charge in [-0.2, -0.15) is 5.10 Å². The lowest BCUT2D eigenvalue weighted by Gasteiger charge is -2.19. The smallest absolute Gasteiger partial charge is 0.315 e. The van der Waals surface area contributed by atoms with Crippen molar-refractivity contribution in [2.24, 2.45) is 10.9 Å². The van der Waals surface area contributed by atoms with Crippen LogP contribution in [0, 0.1) is 0 Å². The van der Waals surface area contributed by atoms with Gasteiger partial charge in [0, 0.05) is 12.1 Å². The van der Waals surface area contributed by atoms with Crippen molar-refractivity contribution < 1.29 is 13.2 Å². The predicted octanol–water partition coefficient (Wildman–Crippen LogP) is 3.27. The van der Waals surface area contributed by atoms with E-state index in [0.717, 1.165) is 16.8 Å². The summed E-state index contributed by atoms with van der Waals surface area (Å²) in [4.78, 5) is 13.6. The molecule has 4 aromatic rings. The zero-order chi connectivity index (χ0) is 23.4. The molecule has 168 valence electrons. The summed E-state index contributed by atoms with van der Waals surface area (Å²) in [5, 5.41) is 9.92. The van der Waals surface area contributed by atoms with Crippen molar-refractivity contribution in [3.05, 3.63) is 102 Å². The van der Waals surface area contributed by atoms with Gasteiger partial charge in [0.25, 0.3) is 0 Å². The lowest BCUT2D eigenvalue weighted by Crippen LogP contribution is -2.34. The Kier molecular flexibility index (Phi) is 6.25. The average molecular weight is 462 g/mol. The number of hydrogen-bond acceptors (Lipinski definition) is 4. The number of hydrogen-bond donors (Lipinski definition) is 2. The lowest BCUT2D eigenvalue weighted by atomic mass is 10.1. The third-order valence-electron chi connectivity index (χ3n) is 5.12. The minimum atomic E-state index is -3.80. The van der Waals surface area contributed by atoms with Gasteiger partial charge in [0.2, 0.25) is 10.0 Å². The molecule has 0 fully saturated rings. The molecule has 0 unspecified atom stereocenters. The van der Waals surface area contributed by atoms with Crippen LogP contribution in [-0.4, -0.2) is 29.1 Å². The third kappa shape index (κ3) is 5.28. The maximum absolute atomic E-state index is 12.1. The number of urea groups is 1. The number of nitrogens with two attached hydrogens (primary N) is 2. The van der Waals surface area contributed by atoms with E-state index in [0.29, 0.717) is 17.9 Å². The fourth-order valence-electron chi connectivity index (χ4n) is 3.51. The number of sulfonamides is 1. The summed E-state index contributed by atoms with van der Waals surface area (Å²) in [5.41, 5.74) is 9.60. The zero-order valence-electron chi connectivity index (χ0n) is 17.7. The molecule has 0 saturated carbocycles. The van der Waals surface area contributed by atoms with Gasteiger partial charge >= 0.3 is 6.03 Å². The summed E-state index contributed by atoms with van der Waals surface area (Å²) < 4.78 is 24.9. The molecule has 0 radical (unpaired) electrons. The maximum Gasteiger partial charge on any atom is 0.315 e. The lowest BCUT2D eigenvalue weighted by molar-refractivity contribution is 0.201. The average Bonchev–Trinajstić information content (AvgIpc) is 3.23. The summed E-state index contributed by atoms with van der Waals surface area (Å²) in [5.74, 6) is 0. The van der Waals surface area contributed by atoms with E-state index in [1.807, 2.05) is 66.7 Å². The highest BCUT2D eigenvalue weighted by Gasteiger charge is 2.17. The Morgan fingerprint density at radius 3 is 2.06 bits per heavy atom. The minimum Gasteiger partial charge on any atom is -0.351 e. The summed E-state index contributed by atoms with van der Waals surface area (Å²) in [6, 6.07) is 26.7. The molecule has 9 heteroatoms. The van der Waals surface area contributed by atoms with Crippen molar-refractivity contribution in [3.63, 3.8) is 0 Å². The van der Waals surface area contributed by atoms with Crippen molar-refractivity contribution >= 4 is 16.1 Å². The van der Waals surface area contributed by atoms with Crippen molar-refractivity contribution in [1.29, 1.82) is 0 Å². The number of primary sulfonamides is 1. The largest absolute Gasteiger partial charge is 0.351 e. The number of aromatic nitrogens is 2. The van der Waals surface area contributed by atoms with Crippen LogP contribution < -0.4 is 10.9 Å². The standard InChI is InChI=1S/C24H23N5O3S/c25-24(30)28(16-18-7-3-1-4-8-18)17-20-15-23(19-9-5-2-6-10-19)29(27-20)21-11-13-22(14-12-21)33(26,31)32/h1-15H,16-17H2,(H2,25,30)(H2,26,31,32). The summed E-state index contributed by atoms with van der Waals surface area (Å²) in [6.45, 7) is 0.569. The topological polar surface area (TPSA) is 124 Å². The Balaban J connectivity index is 1.71. The quantitative estimate of drug-likeness (QED) is 0.438. The van der Waals surface area contributed by atoms with Crippen LogP contribution in [0.5, 0.6) is 0 Å². The molecule has 8 nitrogen and oxygen atoms in total. The van der Waals surface area contributed by atoms with E-state index in [4.69, 9.17) is 16.0 Å². The van der Waals surface area contributed by atoms with E-state index in [1.165, 1.54) is 17.0 Å². The van der Waals surface area contributed by atoms with Gasteiger partial charge in [-0.3, -0.25) is 0 Å². The predicted molar refractivity (Wildman–Crippen MR) is 126 cm³/mol. The summed E-state index contributed by atoms with van der Waals surface area (Å²) in [7, 11) is -3.80. The second kappa shape index (κ2) is 9.27.